The van der Waals surface area contributed by atoms with E-state index in [9.17, 15) is 22.5 Å². The molecule has 3 N–H and O–H groups in total. The van der Waals surface area contributed by atoms with Gasteiger partial charge in [0, 0.05) is 5.69 Å². The molecule has 164 valence electrons. The fourth-order valence-electron chi connectivity index (χ4n) is 2.29. The van der Waals surface area contributed by atoms with Gasteiger partial charge in [-0.1, -0.05) is 18.2 Å². The van der Waals surface area contributed by atoms with E-state index in [2.05, 4.69) is 5.09 Å². The van der Waals surface area contributed by atoms with Crippen LogP contribution >= 0.6 is 7.75 Å². The van der Waals surface area contributed by atoms with Crippen molar-refractivity contribution >= 4 is 19.4 Å². The summed E-state index contributed by atoms with van der Waals surface area (Å²) in [6, 6.07) is 9.21. The van der Waals surface area contributed by atoms with Crippen molar-refractivity contribution in [3.63, 3.8) is 0 Å². The monoisotopic (exact) mass is 446 g/mol. The van der Waals surface area contributed by atoms with Crippen molar-refractivity contribution in [1.82, 2.24) is 5.09 Å². The number of para-hydroxylation sites is 1. The van der Waals surface area contributed by atoms with E-state index in [0.717, 1.165) is 12.1 Å². The van der Waals surface area contributed by atoms with Crippen molar-refractivity contribution in [3.8, 4) is 11.5 Å². The van der Waals surface area contributed by atoms with Crippen LogP contribution in [0.25, 0.3) is 0 Å². The second-order valence-corrected chi connectivity index (χ2v) is 8.20. The molecule has 0 heterocycles. The summed E-state index contributed by atoms with van der Waals surface area (Å²) in [5, 5.41) is 2.33. The summed E-state index contributed by atoms with van der Waals surface area (Å²) in [7, 11) is -4.52. The highest BCUT2D eigenvalue weighted by atomic mass is 31.2. The zero-order valence-electron chi connectivity index (χ0n) is 16.5. The van der Waals surface area contributed by atoms with Crippen LogP contribution in [-0.2, 0) is 20.3 Å². The molecule has 0 radical (unpaired) electrons. The Bertz CT molecular complexity index is 922. The number of nitrogen functional groups attached to an aromatic ring is 1. The number of hydrogen-bond acceptors (Lipinski definition) is 6. The highest BCUT2D eigenvalue weighted by molar-refractivity contribution is 7.52. The fraction of sp³-hybridized carbons (Fsp3) is 0.316. The van der Waals surface area contributed by atoms with E-state index in [1.54, 1.807) is 32.0 Å². The van der Waals surface area contributed by atoms with Crippen molar-refractivity contribution in [3.05, 3.63) is 54.1 Å². The number of anilines is 1. The van der Waals surface area contributed by atoms with Gasteiger partial charge in [-0.3, -0.25) is 4.79 Å². The maximum Gasteiger partial charge on any atom is 0.513 e. The van der Waals surface area contributed by atoms with Crippen molar-refractivity contribution in [2.75, 3.05) is 5.73 Å². The number of esters is 1. The highest BCUT2D eigenvalue weighted by Gasteiger charge is 2.39. The molecule has 0 aromatic heterocycles. The number of halogens is 3. The normalized spacial score (nSPS) is 14.6. The molecule has 0 aliphatic rings. The van der Waals surface area contributed by atoms with Crippen LogP contribution in [-0.4, -0.2) is 18.1 Å². The van der Waals surface area contributed by atoms with E-state index in [1.807, 2.05) is 0 Å². The van der Waals surface area contributed by atoms with Crippen LogP contribution in [0.2, 0.25) is 0 Å². The number of alkyl halides is 3. The van der Waals surface area contributed by atoms with Gasteiger partial charge in [-0.25, -0.2) is 4.57 Å². The average Bonchev–Trinajstić information content (AvgIpc) is 2.62. The van der Waals surface area contributed by atoms with E-state index in [-0.39, 0.29) is 11.4 Å². The molecule has 0 bridgehead atoms. The first-order valence-electron chi connectivity index (χ1n) is 8.89. The summed E-state index contributed by atoms with van der Waals surface area (Å²) >= 11 is 0. The zero-order chi connectivity index (χ0) is 22.5. The van der Waals surface area contributed by atoms with Gasteiger partial charge in [0.15, 0.2) is 0 Å². The lowest BCUT2D eigenvalue weighted by Gasteiger charge is -2.25. The predicted molar refractivity (Wildman–Crippen MR) is 105 cm³/mol. The average molecular weight is 446 g/mol. The molecule has 2 atom stereocenters. The molecule has 7 nitrogen and oxygen atoms in total. The van der Waals surface area contributed by atoms with E-state index in [0.29, 0.717) is 6.07 Å². The number of benzene rings is 2. The van der Waals surface area contributed by atoms with Gasteiger partial charge in [-0.2, -0.15) is 18.3 Å². The molecule has 11 heteroatoms. The molecule has 0 saturated heterocycles. The minimum atomic E-state index is -4.83. The Labute approximate surface area is 171 Å². The number of carbonyl (C=O) groups excluding carboxylic acids is 1. The summed E-state index contributed by atoms with van der Waals surface area (Å²) in [4.78, 5) is 12.1. The van der Waals surface area contributed by atoms with Crippen LogP contribution in [0.4, 0.5) is 18.9 Å². The Morgan fingerprint density at radius 1 is 1.07 bits per heavy atom. The molecular formula is C19H22F3N2O5P. The molecular weight excluding hydrogens is 424 g/mol. The van der Waals surface area contributed by atoms with Crippen LogP contribution in [0, 0.1) is 0 Å². The molecule has 2 rings (SSSR count). The van der Waals surface area contributed by atoms with Gasteiger partial charge in [-0.05, 0) is 51.1 Å². The van der Waals surface area contributed by atoms with E-state index in [1.165, 1.54) is 19.1 Å². The fourth-order valence-corrected chi connectivity index (χ4v) is 3.83. The van der Waals surface area contributed by atoms with Gasteiger partial charge in [0.25, 0.3) is 0 Å². The summed E-state index contributed by atoms with van der Waals surface area (Å²) < 4.78 is 69.1. The van der Waals surface area contributed by atoms with Gasteiger partial charge in [0.1, 0.15) is 23.1 Å². The summed E-state index contributed by atoms with van der Waals surface area (Å²) in [6.07, 6.45) is -5.28. The molecule has 0 saturated carbocycles. The minimum Gasteiger partial charge on any atom is -0.462 e. The SMILES string of the molecule is CC(C)OC(=O)[C@H](C)NP(=O)(Oc1ccccc1)Oc1ccc(N)cc1C(F)(F)F. The van der Waals surface area contributed by atoms with Crippen molar-refractivity contribution in [2.24, 2.45) is 0 Å². The number of rotatable bonds is 8. The van der Waals surface area contributed by atoms with Crippen LogP contribution in [0.5, 0.6) is 11.5 Å². The maximum absolute atomic E-state index is 13.4. The lowest BCUT2D eigenvalue weighted by Crippen LogP contribution is -2.37. The Morgan fingerprint density at radius 3 is 2.27 bits per heavy atom. The van der Waals surface area contributed by atoms with Crippen LogP contribution in [0.3, 0.4) is 0 Å². The Balaban J connectivity index is 2.39. The topological polar surface area (TPSA) is 99.9 Å². The highest BCUT2D eigenvalue weighted by Crippen LogP contribution is 2.49. The van der Waals surface area contributed by atoms with Crippen LogP contribution in [0.15, 0.2) is 48.5 Å². The minimum absolute atomic E-state index is 0.0572. The lowest BCUT2D eigenvalue weighted by molar-refractivity contribution is -0.149. The summed E-state index contributed by atoms with van der Waals surface area (Å²) in [5.41, 5.74) is 4.05. The first-order valence-corrected chi connectivity index (χ1v) is 10.4. The first kappa shape index (κ1) is 23.6. The van der Waals surface area contributed by atoms with Gasteiger partial charge >= 0.3 is 19.9 Å². The third kappa shape index (κ3) is 6.67. The molecule has 0 amide bonds. The Morgan fingerprint density at radius 2 is 1.70 bits per heavy atom. The third-order valence-electron chi connectivity index (χ3n) is 3.55. The van der Waals surface area contributed by atoms with Gasteiger partial charge in [0.2, 0.25) is 0 Å². The molecule has 0 aliphatic carbocycles. The molecule has 0 fully saturated rings. The Hall–Kier alpha value is -2.71. The quantitative estimate of drug-likeness (QED) is 0.342. The summed E-state index contributed by atoms with van der Waals surface area (Å²) in [6.45, 7) is 4.55. The molecule has 1 unspecified atom stereocenters. The largest absolute Gasteiger partial charge is 0.513 e. The van der Waals surface area contributed by atoms with Gasteiger partial charge in [0.05, 0.1) is 6.10 Å². The third-order valence-corrected chi connectivity index (χ3v) is 5.15. The standard InChI is InChI=1S/C19H22F3N2O5P/c1-12(2)27-18(25)13(3)24-30(26,28-15-7-5-4-6-8-15)29-17-10-9-14(23)11-16(17)19(20,21)22/h4-13H,23H2,1-3H3,(H,24,26)/t13-,30?/m0/s1. The Kier molecular flexibility index (Phi) is 7.39. The number of ether oxygens (including phenoxy) is 1. The van der Waals surface area contributed by atoms with Gasteiger partial charge < -0.3 is 19.5 Å². The van der Waals surface area contributed by atoms with Crippen molar-refractivity contribution < 1.29 is 36.3 Å². The smallest absolute Gasteiger partial charge is 0.462 e. The second-order valence-electron chi connectivity index (χ2n) is 6.58. The van der Waals surface area contributed by atoms with Crippen LogP contribution < -0.4 is 19.9 Å². The van der Waals surface area contributed by atoms with E-state index >= 15 is 0 Å². The maximum atomic E-state index is 13.4. The van der Waals surface area contributed by atoms with E-state index < -0.39 is 43.4 Å². The van der Waals surface area contributed by atoms with Crippen molar-refractivity contribution in [1.29, 1.82) is 0 Å². The predicted octanol–water partition coefficient (Wildman–Crippen LogP) is 4.78. The molecule has 0 spiro atoms. The van der Waals surface area contributed by atoms with E-state index in [4.69, 9.17) is 19.5 Å². The lowest BCUT2D eigenvalue weighted by atomic mass is 10.2. The zero-order valence-corrected chi connectivity index (χ0v) is 17.4. The summed E-state index contributed by atoms with van der Waals surface area (Å²) in [5.74, 6) is -1.49. The number of nitrogens with one attached hydrogen (secondary N) is 1. The first-order chi connectivity index (χ1) is 13.9. The molecule has 30 heavy (non-hydrogen) atoms. The van der Waals surface area contributed by atoms with Gasteiger partial charge in [-0.15, -0.1) is 0 Å². The second kappa shape index (κ2) is 9.40. The molecule has 2 aromatic rings. The van der Waals surface area contributed by atoms with Crippen LogP contribution in [0.1, 0.15) is 26.3 Å². The molecule has 0 aliphatic heterocycles. The van der Waals surface area contributed by atoms with Crippen molar-refractivity contribution in [2.45, 2.75) is 39.1 Å². The molecule has 2 aromatic carbocycles. The number of hydrogen-bond donors (Lipinski definition) is 2. The number of nitrogens with two attached hydrogens (primary N) is 1. The number of carbonyl (C=O) groups is 1.